The minimum Gasteiger partial charge on any atom is -0.479 e. The largest absolute Gasteiger partial charge is 0.479 e. The number of carboxylic acid groups (broad SMARTS) is 1. The fraction of sp³-hybridized carbons (Fsp3) is 0.231. The van der Waals surface area contributed by atoms with Crippen molar-refractivity contribution >= 4 is 23.6 Å². The van der Waals surface area contributed by atoms with Crippen LogP contribution in [0.4, 0.5) is 4.79 Å². The zero-order chi connectivity index (χ0) is 14.3. The molecule has 0 saturated heterocycles. The molecule has 1 atom stereocenters. The number of hydrogen-bond acceptors (Lipinski definition) is 2. The number of benzene rings is 1. The second-order valence-corrected chi connectivity index (χ2v) is 4.05. The molecule has 0 aliphatic rings. The smallest absolute Gasteiger partial charge is 0.331 e. The van der Waals surface area contributed by atoms with Gasteiger partial charge in [0.25, 0.3) is 0 Å². The van der Waals surface area contributed by atoms with Gasteiger partial charge in [0.2, 0.25) is 0 Å². The Balaban J connectivity index is 2.75. The average molecular weight is 281 g/mol. The first-order chi connectivity index (χ1) is 9.06. The molecule has 0 unspecified atom stereocenters. The van der Waals surface area contributed by atoms with Crippen LogP contribution in [0.2, 0.25) is 5.02 Å². The van der Waals surface area contributed by atoms with Crippen LogP contribution in [0.3, 0.4) is 0 Å². The lowest BCUT2D eigenvalue weighted by molar-refractivity contribution is -0.139. The van der Waals surface area contributed by atoms with Crippen molar-refractivity contribution in [3.63, 3.8) is 0 Å². The Morgan fingerprint density at radius 3 is 2.68 bits per heavy atom. The number of carbonyl (C=O) groups excluding carboxylic acids is 1. The van der Waals surface area contributed by atoms with Gasteiger partial charge in [-0.1, -0.05) is 29.8 Å². The summed E-state index contributed by atoms with van der Waals surface area (Å²) in [6, 6.07) is 4.61. The van der Waals surface area contributed by atoms with Crippen molar-refractivity contribution < 1.29 is 14.7 Å². The number of amides is 2. The maximum absolute atomic E-state index is 11.5. The molecule has 0 heterocycles. The summed E-state index contributed by atoms with van der Waals surface area (Å²) in [5.74, 6) is 1.17. The van der Waals surface area contributed by atoms with Gasteiger partial charge >= 0.3 is 12.0 Å². The summed E-state index contributed by atoms with van der Waals surface area (Å²) < 4.78 is 0. The highest BCUT2D eigenvalue weighted by molar-refractivity contribution is 6.31. The monoisotopic (exact) mass is 280 g/mol. The van der Waals surface area contributed by atoms with E-state index in [-0.39, 0.29) is 11.6 Å². The van der Waals surface area contributed by atoms with Crippen LogP contribution in [0, 0.1) is 12.3 Å². The molecule has 5 nitrogen and oxygen atoms in total. The summed E-state index contributed by atoms with van der Waals surface area (Å²) in [4.78, 5) is 22.7. The number of halogens is 1. The minimum absolute atomic E-state index is 0.275. The quantitative estimate of drug-likeness (QED) is 0.568. The van der Waals surface area contributed by atoms with Gasteiger partial charge in [0.1, 0.15) is 0 Å². The Bertz CT molecular complexity index is 511. The average Bonchev–Trinajstić information content (AvgIpc) is 2.37. The topological polar surface area (TPSA) is 78.4 Å². The highest BCUT2D eigenvalue weighted by Gasteiger charge is 2.23. The molecule has 0 aromatic heterocycles. The Hall–Kier alpha value is -2.19. The summed E-state index contributed by atoms with van der Waals surface area (Å²) in [6.07, 6.45) is 5.41. The number of carbonyl (C=O) groups is 2. The minimum atomic E-state index is -1.21. The molecular formula is C13H13ClN2O3. The maximum Gasteiger partial charge on any atom is 0.331 e. The summed E-state index contributed by atoms with van der Waals surface area (Å²) in [5.41, 5.74) is 0.323. The van der Waals surface area contributed by atoms with E-state index in [1.165, 1.54) is 0 Å². The number of carboxylic acids is 1. The van der Waals surface area contributed by atoms with Gasteiger partial charge in [0, 0.05) is 23.6 Å². The van der Waals surface area contributed by atoms with Crippen LogP contribution in [-0.2, 0) is 4.79 Å². The molecule has 0 aliphatic heterocycles. The van der Waals surface area contributed by atoms with Gasteiger partial charge in [-0.25, -0.2) is 9.59 Å². The lowest BCUT2D eigenvalue weighted by Gasteiger charge is -2.16. The number of rotatable bonds is 5. The van der Waals surface area contributed by atoms with Gasteiger partial charge in [-0.2, -0.15) is 0 Å². The molecular weight excluding hydrogens is 268 g/mol. The second kappa shape index (κ2) is 7.29. The standard InChI is InChI=1S/C13H13ClN2O3/c1-2-3-8-15-13(19)16-11(12(17)18)9-6-4-5-7-10(9)14/h1,4-7,11H,3,8H2,(H,17,18)(H2,15,16,19)/t11-/m1/s1. The van der Waals surface area contributed by atoms with E-state index in [9.17, 15) is 9.59 Å². The van der Waals surface area contributed by atoms with Gasteiger partial charge in [-0.05, 0) is 6.07 Å². The molecule has 19 heavy (non-hydrogen) atoms. The van der Waals surface area contributed by atoms with Crippen LogP contribution < -0.4 is 10.6 Å². The predicted molar refractivity (Wildman–Crippen MR) is 71.8 cm³/mol. The highest BCUT2D eigenvalue weighted by atomic mass is 35.5. The van der Waals surface area contributed by atoms with Crippen LogP contribution in [0.15, 0.2) is 24.3 Å². The predicted octanol–water partition coefficient (Wildman–Crippen LogP) is 1.79. The molecule has 1 aromatic rings. The van der Waals surface area contributed by atoms with E-state index < -0.39 is 18.0 Å². The normalized spacial score (nSPS) is 11.2. The number of nitrogens with one attached hydrogen (secondary N) is 2. The zero-order valence-electron chi connectivity index (χ0n) is 10.0. The van der Waals surface area contributed by atoms with Gasteiger partial charge in [-0.15, -0.1) is 12.3 Å². The van der Waals surface area contributed by atoms with Gasteiger partial charge < -0.3 is 15.7 Å². The number of terminal acetylenes is 1. The molecule has 6 heteroatoms. The molecule has 2 amide bonds. The van der Waals surface area contributed by atoms with Crippen LogP contribution in [0.5, 0.6) is 0 Å². The maximum atomic E-state index is 11.5. The Morgan fingerprint density at radius 1 is 1.42 bits per heavy atom. The lowest BCUT2D eigenvalue weighted by Crippen LogP contribution is -2.41. The number of aliphatic carboxylic acids is 1. The van der Waals surface area contributed by atoms with E-state index >= 15 is 0 Å². The first-order valence-corrected chi connectivity index (χ1v) is 5.89. The van der Waals surface area contributed by atoms with Crippen molar-refractivity contribution in [2.24, 2.45) is 0 Å². The Labute approximate surface area is 116 Å². The molecule has 1 rings (SSSR count). The summed E-state index contributed by atoms with van der Waals surface area (Å²) in [7, 11) is 0. The van der Waals surface area contributed by atoms with Crippen molar-refractivity contribution in [1.29, 1.82) is 0 Å². The van der Waals surface area contributed by atoms with Crippen molar-refractivity contribution in [2.75, 3.05) is 6.54 Å². The molecule has 0 saturated carbocycles. The van der Waals surface area contributed by atoms with Crippen molar-refractivity contribution in [3.05, 3.63) is 34.9 Å². The van der Waals surface area contributed by atoms with Crippen molar-refractivity contribution in [2.45, 2.75) is 12.5 Å². The van der Waals surface area contributed by atoms with Gasteiger partial charge in [0.05, 0.1) is 0 Å². The van der Waals surface area contributed by atoms with Crippen molar-refractivity contribution in [1.82, 2.24) is 10.6 Å². The van der Waals surface area contributed by atoms with E-state index in [0.29, 0.717) is 12.0 Å². The van der Waals surface area contributed by atoms with Gasteiger partial charge in [0.15, 0.2) is 6.04 Å². The lowest BCUT2D eigenvalue weighted by atomic mass is 10.1. The first kappa shape index (κ1) is 14.9. The van der Waals surface area contributed by atoms with Crippen LogP contribution in [0.25, 0.3) is 0 Å². The highest BCUT2D eigenvalue weighted by Crippen LogP contribution is 2.22. The second-order valence-electron chi connectivity index (χ2n) is 3.65. The fourth-order valence-corrected chi connectivity index (χ4v) is 1.66. The molecule has 3 N–H and O–H groups in total. The SMILES string of the molecule is C#CCCNC(=O)N[C@@H](C(=O)O)c1ccccc1Cl. The Kier molecular flexibility index (Phi) is 5.71. The van der Waals surface area contributed by atoms with E-state index in [0.717, 1.165) is 0 Å². The zero-order valence-corrected chi connectivity index (χ0v) is 10.8. The van der Waals surface area contributed by atoms with E-state index in [1.807, 2.05) is 0 Å². The van der Waals surface area contributed by atoms with E-state index in [4.69, 9.17) is 23.1 Å². The Morgan fingerprint density at radius 2 is 2.11 bits per heavy atom. The van der Waals surface area contributed by atoms with Crippen LogP contribution >= 0.6 is 11.6 Å². The van der Waals surface area contributed by atoms with Crippen LogP contribution in [0.1, 0.15) is 18.0 Å². The van der Waals surface area contributed by atoms with E-state index in [2.05, 4.69) is 16.6 Å². The number of urea groups is 1. The molecule has 100 valence electrons. The van der Waals surface area contributed by atoms with E-state index in [1.54, 1.807) is 24.3 Å². The fourth-order valence-electron chi connectivity index (χ4n) is 1.41. The summed E-state index contributed by atoms with van der Waals surface area (Å²) in [6.45, 7) is 0.275. The van der Waals surface area contributed by atoms with Crippen LogP contribution in [-0.4, -0.2) is 23.7 Å². The third-order valence-corrected chi connectivity index (χ3v) is 2.64. The first-order valence-electron chi connectivity index (χ1n) is 5.51. The summed E-state index contributed by atoms with van der Waals surface area (Å²) >= 11 is 5.91. The molecule has 0 fully saturated rings. The molecule has 0 spiro atoms. The molecule has 0 radical (unpaired) electrons. The van der Waals surface area contributed by atoms with Crippen molar-refractivity contribution in [3.8, 4) is 12.3 Å². The molecule has 1 aromatic carbocycles. The van der Waals surface area contributed by atoms with Gasteiger partial charge in [-0.3, -0.25) is 0 Å². The third kappa shape index (κ3) is 4.53. The number of hydrogen-bond donors (Lipinski definition) is 3. The summed E-state index contributed by atoms with van der Waals surface area (Å²) in [5, 5.41) is 14.2. The molecule has 0 bridgehead atoms. The third-order valence-electron chi connectivity index (χ3n) is 2.29. The molecule has 0 aliphatic carbocycles.